The Morgan fingerprint density at radius 2 is 2.10 bits per heavy atom. The van der Waals surface area contributed by atoms with E-state index in [0.29, 0.717) is 6.54 Å². The third kappa shape index (κ3) is 2.40. The van der Waals surface area contributed by atoms with Crippen molar-refractivity contribution in [2.24, 2.45) is 0 Å². The number of piperidine rings is 1. The second-order valence-electron chi connectivity index (χ2n) is 5.41. The number of hydrogen-bond acceptors (Lipinski definition) is 4. The molecule has 1 fully saturated rings. The van der Waals surface area contributed by atoms with Crippen LogP contribution in [-0.2, 0) is 13.0 Å². The Kier molecular flexibility index (Phi) is 3.43. The average molecular weight is 270 g/mol. The number of nitriles is 1. The van der Waals surface area contributed by atoms with Crippen LogP contribution in [0.1, 0.15) is 18.7 Å². The van der Waals surface area contributed by atoms with Gasteiger partial charge < -0.3 is 15.0 Å². The lowest BCUT2D eigenvalue weighted by molar-refractivity contribution is -0.00498. The number of rotatable bonds is 3. The molecule has 1 aliphatic rings. The lowest BCUT2D eigenvalue weighted by Crippen LogP contribution is -2.45. The molecule has 0 amide bonds. The molecule has 5 nitrogen and oxygen atoms in total. The van der Waals surface area contributed by atoms with Crippen molar-refractivity contribution >= 4 is 11.0 Å². The fourth-order valence-electron chi connectivity index (χ4n) is 2.85. The molecule has 0 radical (unpaired) electrons. The molecule has 104 valence electrons. The Labute approximate surface area is 117 Å². The van der Waals surface area contributed by atoms with Crippen LogP contribution in [0.2, 0.25) is 0 Å². The van der Waals surface area contributed by atoms with E-state index in [4.69, 9.17) is 5.26 Å². The van der Waals surface area contributed by atoms with Crippen molar-refractivity contribution in [2.75, 3.05) is 13.1 Å². The smallest absolute Gasteiger partial charge is 0.124 e. The minimum absolute atomic E-state index is 0.267. The van der Waals surface area contributed by atoms with E-state index in [-0.39, 0.29) is 6.42 Å². The van der Waals surface area contributed by atoms with Gasteiger partial charge in [-0.15, -0.1) is 0 Å². The second-order valence-corrected chi connectivity index (χ2v) is 5.41. The van der Waals surface area contributed by atoms with Crippen molar-refractivity contribution in [3.8, 4) is 6.07 Å². The number of aliphatic hydroxyl groups is 1. The number of hydrogen-bond donors (Lipinski definition) is 2. The minimum atomic E-state index is -0.709. The number of nitrogens with one attached hydrogen (secondary N) is 1. The Balaban J connectivity index is 2.00. The zero-order valence-corrected chi connectivity index (χ0v) is 11.3. The van der Waals surface area contributed by atoms with E-state index in [1.807, 2.05) is 28.8 Å². The van der Waals surface area contributed by atoms with Gasteiger partial charge in [-0.1, -0.05) is 12.1 Å². The molecule has 20 heavy (non-hydrogen) atoms. The number of nitrogens with zero attached hydrogens (tertiary/aromatic N) is 3. The number of para-hydroxylation sites is 2. The molecule has 1 saturated heterocycles. The van der Waals surface area contributed by atoms with E-state index in [1.54, 1.807) is 0 Å². The molecule has 0 bridgehead atoms. The SMILES string of the molecule is N#CCc1nc2ccccc2n1CC1(O)CCNCC1. The molecule has 0 aliphatic carbocycles. The van der Waals surface area contributed by atoms with Crippen LogP contribution in [0, 0.1) is 11.3 Å². The van der Waals surface area contributed by atoms with Gasteiger partial charge in [-0.2, -0.15) is 5.26 Å². The van der Waals surface area contributed by atoms with Crippen LogP contribution in [0.25, 0.3) is 11.0 Å². The summed E-state index contributed by atoms with van der Waals surface area (Å²) in [5.41, 5.74) is 1.17. The second kappa shape index (κ2) is 5.23. The standard InChI is InChI=1S/C15H18N4O/c16-8-5-14-18-12-3-1-2-4-13(12)19(14)11-15(20)6-9-17-10-7-15/h1-4,17,20H,5-7,9-11H2. The largest absolute Gasteiger partial charge is 0.388 e. The number of imidazole rings is 1. The Hall–Kier alpha value is -1.90. The van der Waals surface area contributed by atoms with E-state index in [0.717, 1.165) is 42.8 Å². The van der Waals surface area contributed by atoms with Gasteiger partial charge in [0.15, 0.2) is 0 Å². The van der Waals surface area contributed by atoms with E-state index in [1.165, 1.54) is 0 Å². The molecule has 5 heteroatoms. The maximum absolute atomic E-state index is 10.7. The Morgan fingerprint density at radius 3 is 2.85 bits per heavy atom. The van der Waals surface area contributed by atoms with Crippen LogP contribution in [0.3, 0.4) is 0 Å². The molecule has 1 aromatic heterocycles. The van der Waals surface area contributed by atoms with Gasteiger partial charge in [-0.25, -0.2) is 4.98 Å². The molecule has 3 rings (SSSR count). The van der Waals surface area contributed by atoms with Gasteiger partial charge in [0, 0.05) is 0 Å². The van der Waals surface area contributed by atoms with E-state index >= 15 is 0 Å². The van der Waals surface area contributed by atoms with Crippen LogP contribution in [0.4, 0.5) is 0 Å². The maximum atomic E-state index is 10.7. The summed E-state index contributed by atoms with van der Waals surface area (Å²) in [6.07, 6.45) is 1.72. The number of benzene rings is 1. The Morgan fingerprint density at radius 1 is 1.35 bits per heavy atom. The summed E-state index contributed by atoms with van der Waals surface area (Å²) in [6, 6.07) is 10.00. The lowest BCUT2D eigenvalue weighted by Gasteiger charge is -2.33. The molecular weight excluding hydrogens is 252 g/mol. The van der Waals surface area contributed by atoms with Crippen molar-refractivity contribution in [3.63, 3.8) is 0 Å². The summed E-state index contributed by atoms with van der Waals surface area (Å²) in [5, 5.41) is 22.9. The van der Waals surface area contributed by atoms with E-state index in [9.17, 15) is 5.11 Å². The highest BCUT2D eigenvalue weighted by Crippen LogP contribution is 2.25. The highest BCUT2D eigenvalue weighted by Gasteiger charge is 2.30. The predicted molar refractivity (Wildman–Crippen MR) is 76.1 cm³/mol. The van der Waals surface area contributed by atoms with Crippen LogP contribution < -0.4 is 5.32 Å². The van der Waals surface area contributed by atoms with Gasteiger partial charge in [-0.05, 0) is 38.1 Å². The highest BCUT2D eigenvalue weighted by molar-refractivity contribution is 5.76. The number of fused-ring (bicyclic) bond motifs is 1. The molecule has 1 aromatic carbocycles. The van der Waals surface area contributed by atoms with Gasteiger partial charge in [0.05, 0.1) is 35.7 Å². The Bertz CT molecular complexity index is 649. The molecule has 0 saturated carbocycles. The van der Waals surface area contributed by atoms with Gasteiger partial charge in [0.1, 0.15) is 5.82 Å². The molecular formula is C15H18N4O. The monoisotopic (exact) mass is 270 g/mol. The first-order valence-corrected chi connectivity index (χ1v) is 6.96. The summed E-state index contributed by atoms with van der Waals surface area (Å²) in [7, 11) is 0. The first-order chi connectivity index (χ1) is 9.72. The predicted octanol–water partition coefficient (Wildman–Crippen LogP) is 1.22. The van der Waals surface area contributed by atoms with Crippen LogP contribution in [-0.4, -0.2) is 33.3 Å². The van der Waals surface area contributed by atoms with E-state index < -0.39 is 5.60 Å². The topological polar surface area (TPSA) is 73.9 Å². The fraction of sp³-hybridized carbons (Fsp3) is 0.467. The van der Waals surface area contributed by atoms with Gasteiger partial charge in [-0.3, -0.25) is 0 Å². The van der Waals surface area contributed by atoms with Crippen molar-refractivity contribution in [1.29, 1.82) is 5.26 Å². The van der Waals surface area contributed by atoms with Gasteiger partial charge in [0.2, 0.25) is 0 Å². The van der Waals surface area contributed by atoms with Crippen molar-refractivity contribution in [1.82, 2.24) is 14.9 Å². The molecule has 2 N–H and O–H groups in total. The molecule has 2 aromatic rings. The summed E-state index contributed by atoms with van der Waals surface area (Å²) in [5.74, 6) is 0.737. The molecule has 0 atom stereocenters. The maximum Gasteiger partial charge on any atom is 0.124 e. The van der Waals surface area contributed by atoms with Crippen LogP contribution >= 0.6 is 0 Å². The van der Waals surface area contributed by atoms with Crippen molar-refractivity contribution in [2.45, 2.75) is 31.4 Å². The summed E-state index contributed by atoms with van der Waals surface area (Å²) in [6.45, 7) is 2.17. The van der Waals surface area contributed by atoms with Gasteiger partial charge in [0.25, 0.3) is 0 Å². The fourth-order valence-corrected chi connectivity index (χ4v) is 2.85. The number of aromatic nitrogens is 2. The molecule has 0 unspecified atom stereocenters. The highest BCUT2D eigenvalue weighted by atomic mass is 16.3. The lowest BCUT2D eigenvalue weighted by atomic mass is 9.92. The quantitative estimate of drug-likeness (QED) is 0.879. The summed E-state index contributed by atoms with van der Waals surface area (Å²) < 4.78 is 2.00. The normalized spacial score (nSPS) is 18.0. The summed E-state index contributed by atoms with van der Waals surface area (Å²) >= 11 is 0. The third-order valence-corrected chi connectivity index (χ3v) is 3.96. The zero-order chi connectivity index (χ0) is 14.0. The molecule has 2 heterocycles. The van der Waals surface area contributed by atoms with Crippen LogP contribution in [0.5, 0.6) is 0 Å². The van der Waals surface area contributed by atoms with Crippen molar-refractivity contribution < 1.29 is 5.11 Å². The third-order valence-electron chi connectivity index (χ3n) is 3.96. The van der Waals surface area contributed by atoms with Crippen molar-refractivity contribution in [3.05, 3.63) is 30.1 Å². The zero-order valence-electron chi connectivity index (χ0n) is 11.3. The minimum Gasteiger partial charge on any atom is -0.388 e. The molecule has 0 spiro atoms. The summed E-state index contributed by atoms with van der Waals surface area (Å²) in [4.78, 5) is 4.51. The first-order valence-electron chi connectivity index (χ1n) is 6.96. The van der Waals surface area contributed by atoms with Crippen LogP contribution in [0.15, 0.2) is 24.3 Å². The van der Waals surface area contributed by atoms with E-state index in [2.05, 4.69) is 16.4 Å². The average Bonchev–Trinajstić information content (AvgIpc) is 2.78. The molecule has 1 aliphatic heterocycles. The first kappa shape index (κ1) is 13.1. The van der Waals surface area contributed by atoms with Gasteiger partial charge >= 0.3 is 0 Å².